The number of carbonyl (C=O) groups is 1. The first-order chi connectivity index (χ1) is 12.5. The minimum absolute atomic E-state index is 0.138. The fraction of sp³-hybridized carbons (Fsp3) is 0.190. The Kier molecular flexibility index (Phi) is 5.99. The van der Waals surface area contributed by atoms with Crippen LogP contribution in [0.1, 0.15) is 24.0 Å². The number of anilines is 2. The molecule has 2 aromatic carbocycles. The van der Waals surface area contributed by atoms with Gasteiger partial charge in [0.2, 0.25) is 0 Å². The lowest BCUT2D eigenvalue weighted by molar-refractivity contribution is -0.111. The summed E-state index contributed by atoms with van der Waals surface area (Å²) in [5.74, 6) is 0.138. The first-order valence-corrected chi connectivity index (χ1v) is 10.0. The largest absolute Gasteiger partial charge is 0.388 e. The molecule has 2 aromatic rings. The number of halogens is 2. The summed E-state index contributed by atoms with van der Waals surface area (Å²) in [7, 11) is 3.78. The second kappa shape index (κ2) is 8.23. The first kappa shape index (κ1) is 18.9. The highest BCUT2D eigenvalue weighted by Crippen LogP contribution is 2.33. The van der Waals surface area contributed by atoms with Crippen LogP contribution in [0.15, 0.2) is 56.5 Å². The first-order valence-electron chi connectivity index (χ1n) is 8.42. The molecule has 0 saturated heterocycles. The van der Waals surface area contributed by atoms with Gasteiger partial charge in [0.05, 0.1) is 0 Å². The van der Waals surface area contributed by atoms with Crippen molar-refractivity contribution < 1.29 is 4.79 Å². The zero-order valence-electron chi connectivity index (χ0n) is 14.7. The van der Waals surface area contributed by atoms with Gasteiger partial charge in [-0.15, -0.1) is 0 Å². The molecule has 0 spiro atoms. The van der Waals surface area contributed by atoms with Crippen LogP contribution in [0, 0.1) is 0 Å². The van der Waals surface area contributed by atoms with Gasteiger partial charge in [-0.2, -0.15) is 0 Å². The molecule has 26 heavy (non-hydrogen) atoms. The van der Waals surface area contributed by atoms with Crippen LogP contribution in [-0.4, -0.2) is 19.9 Å². The standard InChI is InChI=1S/C21H20Br2N2O/c1-24-17-7-5-13(19(22)11-17)9-15-3-4-16(21(15)26)10-14-6-8-18(25-2)12-20(14)23/h5-12,24-25H,3-4H2,1-2H3. The molecule has 134 valence electrons. The van der Waals surface area contributed by atoms with Gasteiger partial charge < -0.3 is 10.6 Å². The number of benzene rings is 2. The lowest BCUT2D eigenvalue weighted by atomic mass is 10.1. The van der Waals surface area contributed by atoms with Crippen molar-refractivity contribution in [2.75, 3.05) is 24.7 Å². The highest BCUT2D eigenvalue weighted by Gasteiger charge is 2.23. The van der Waals surface area contributed by atoms with E-state index in [1.165, 1.54) is 0 Å². The van der Waals surface area contributed by atoms with Gasteiger partial charge in [0.25, 0.3) is 0 Å². The summed E-state index contributed by atoms with van der Waals surface area (Å²) in [4.78, 5) is 12.8. The monoisotopic (exact) mass is 474 g/mol. The molecule has 0 aromatic heterocycles. The molecule has 0 aliphatic heterocycles. The quantitative estimate of drug-likeness (QED) is 0.523. The topological polar surface area (TPSA) is 41.1 Å². The molecule has 0 radical (unpaired) electrons. The molecular formula is C21H20Br2N2O. The third-order valence-electron chi connectivity index (χ3n) is 4.48. The van der Waals surface area contributed by atoms with E-state index in [0.29, 0.717) is 0 Å². The molecule has 0 atom stereocenters. The van der Waals surface area contributed by atoms with Crippen LogP contribution < -0.4 is 10.6 Å². The Morgan fingerprint density at radius 3 is 1.58 bits per heavy atom. The van der Waals surface area contributed by atoms with E-state index in [9.17, 15) is 4.79 Å². The zero-order chi connectivity index (χ0) is 18.7. The van der Waals surface area contributed by atoms with E-state index in [1.807, 2.05) is 62.6 Å². The lowest BCUT2D eigenvalue weighted by Crippen LogP contribution is -1.96. The molecule has 0 heterocycles. The molecule has 5 heteroatoms. The molecule has 3 rings (SSSR count). The van der Waals surface area contributed by atoms with E-state index in [-0.39, 0.29) is 5.78 Å². The third kappa shape index (κ3) is 4.10. The van der Waals surface area contributed by atoms with Crippen molar-refractivity contribution in [1.82, 2.24) is 0 Å². The van der Waals surface area contributed by atoms with E-state index in [1.54, 1.807) is 0 Å². The van der Waals surface area contributed by atoms with Crippen molar-refractivity contribution in [2.24, 2.45) is 0 Å². The van der Waals surface area contributed by atoms with Crippen molar-refractivity contribution in [1.29, 1.82) is 0 Å². The molecule has 1 saturated carbocycles. The minimum atomic E-state index is 0.138. The number of hydrogen-bond donors (Lipinski definition) is 2. The second-order valence-electron chi connectivity index (χ2n) is 6.14. The van der Waals surface area contributed by atoms with Gasteiger partial charge in [0, 0.05) is 45.6 Å². The molecule has 0 bridgehead atoms. The Morgan fingerprint density at radius 1 is 0.808 bits per heavy atom. The fourth-order valence-corrected chi connectivity index (χ4v) is 3.94. The van der Waals surface area contributed by atoms with Gasteiger partial charge in [0.15, 0.2) is 5.78 Å². The summed E-state index contributed by atoms with van der Waals surface area (Å²) >= 11 is 7.17. The van der Waals surface area contributed by atoms with Gasteiger partial charge in [-0.1, -0.05) is 44.0 Å². The normalized spacial score (nSPS) is 17.2. The van der Waals surface area contributed by atoms with Crippen molar-refractivity contribution >= 4 is 61.2 Å². The second-order valence-corrected chi connectivity index (χ2v) is 7.85. The number of carbonyl (C=O) groups excluding carboxylic acids is 1. The molecular weight excluding hydrogens is 456 g/mol. The lowest BCUT2D eigenvalue weighted by Gasteiger charge is -2.05. The van der Waals surface area contributed by atoms with Gasteiger partial charge in [-0.05, 0) is 60.4 Å². The zero-order valence-corrected chi connectivity index (χ0v) is 17.9. The van der Waals surface area contributed by atoms with Crippen molar-refractivity contribution in [3.05, 3.63) is 67.6 Å². The SMILES string of the molecule is CNc1ccc(C=C2CCC(=Cc3ccc(NC)cc3Br)C2=O)c(Br)c1. The molecule has 2 N–H and O–H groups in total. The third-order valence-corrected chi connectivity index (χ3v) is 5.86. The summed E-state index contributed by atoms with van der Waals surface area (Å²) in [6, 6.07) is 12.1. The van der Waals surface area contributed by atoms with Crippen LogP contribution in [-0.2, 0) is 4.79 Å². The number of ketones is 1. The van der Waals surface area contributed by atoms with Crippen molar-refractivity contribution in [2.45, 2.75) is 12.8 Å². The number of rotatable bonds is 4. The average molecular weight is 476 g/mol. The van der Waals surface area contributed by atoms with E-state index >= 15 is 0 Å². The molecule has 0 amide bonds. The Bertz CT molecular complexity index is 843. The van der Waals surface area contributed by atoms with Crippen LogP contribution in [0.3, 0.4) is 0 Å². The Hall–Kier alpha value is -1.85. The molecule has 1 aliphatic rings. The van der Waals surface area contributed by atoms with E-state index in [0.717, 1.165) is 55.4 Å². The van der Waals surface area contributed by atoms with Crippen molar-refractivity contribution in [3.63, 3.8) is 0 Å². The highest BCUT2D eigenvalue weighted by molar-refractivity contribution is 9.10. The van der Waals surface area contributed by atoms with Crippen LogP contribution in [0.5, 0.6) is 0 Å². The highest BCUT2D eigenvalue weighted by atomic mass is 79.9. The summed E-state index contributed by atoms with van der Waals surface area (Å²) in [5, 5.41) is 6.22. The molecule has 0 unspecified atom stereocenters. The number of nitrogens with one attached hydrogen (secondary N) is 2. The Balaban J connectivity index is 1.86. The maximum absolute atomic E-state index is 12.8. The van der Waals surface area contributed by atoms with Gasteiger partial charge in [-0.3, -0.25) is 4.79 Å². The van der Waals surface area contributed by atoms with E-state index in [4.69, 9.17) is 0 Å². The predicted molar refractivity (Wildman–Crippen MR) is 118 cm³/mol. The number of hydrogen-bond acceptors (Lipinski definition) is 3. The van der Waals surface area contributed by atoms with Crippen LogP contribution in [0.4, 0.5) is 11.4 Å². The fourth-order valence-electron chi connectivity index (χ4n) is 2.95. The predicted octanol–water partition coefficient (Wildman–Crippen LogP) is 6.12. The van der Waals surface area contributed by atoms with Crippen LogP contribution in [0.25, 0.3) is 12.2 Å². The van der Waals surface area contributed by atoms with Gasteiger partial charge >= 0.3 is 0 Å². The molecule has 3 nitrogen and oxygen atoms in total. The summed E-state index contributed by atoms with van der Waals surface area (Å²) < 4.78 is 1.96. The molecule has 1 aliphatic carbocycles. The van der Waals surface area contributed by atoms with E-state index in [2.05, 4.69) is 42.5 Å². The maximum Gasteiger partial charge on any atom is 0.185 e. The Morgan fingerprint density at radius 2 is 1.23 bits per heavy atom. The number of Topliss-reactive ketones (excluding diaryl/α,β-unsaturated/α-hetero) is 1. The molecule has 1 fully saturated rings. The van der Waals surface area contributed by atoms with Crippen LogP contribution in [0.2, 0.25) is 0 Å². The van der Waals surface area contributed by atoms with Gasteiger partial charge in [-0.25, -0.2) is 0 Å². The number of allylic oxidation sites excluding steroid dienone is 2. The summed E-state index contributed by atoms with van der Waals surface area (Å²) in [6.07, 6.45) is 5.53. The summed E-state index contributed by atoms with van der Waals surface area (Å²) in [5.41, 5.74) is 5.83. The minimum Gasteiger partial charge on any atom is -0.388 e. The van der Waals surface area contributed by atoms with E-state index < -0.39 is 0 Å². The smallest absolute Gasteiger partial charge is 0.185 e. The maximum atomic E-state index is 12.8. The van der Waals surface area contributed by atoms with Gasteiger partial charge in [0.1, 0.15) is 0 Å². The summed E-state index contributed by atoms with van der Waals surface area (Å²) in [6.45, 7) is 0. The van der Waals surface area contributed by atoms with Crippen LogP contribution >= 0.6 is 31.9 Å². The Labute approximate surface area is 170 Å². The average Bonchev–Trinajstić information content (AvgIpc) is 2.98. The van der Waals surface area contributed by atoms with Crippen molar-refractivity contribution in [3.8, 4) is 0 Å².